The highest BCUT2D eigenvalue weighted by molar-refractivity contribution is 5.97. The second kappa shape index (κ2) is 9.11. The van der Waals surface area contributed by atoms with Gasteiger partial charge in [0.15, 0.2) is 0 Å². The van der Waals surface area contributed by atoms with Gasteiger partial charge in [-0.25, -0.2) is 4.79 Å². The number of nitrogens with zero attached hydrogens (tertiary/aromatic N) is 2. The molecule has 1 saturated heterocycles. The van der Waals surface area contributed by atoms with Gasteiger partial charge in [0, 0.05) is 32.2 Å². The van der Waals surface area contributed by atoms with Crippen LogP contribution in [0.3, 0.4) is 0 Å². The average molecular weight is 373 g/mol. The summed E-state index contributed by atoms with van der Waals surface area (Å²) in [4.78, 5) is 29.3. The summed E-state index contributed by atoms with van der Waals surface area (Å²) >= 11 is 0. The van der Waals surface area contributed by atoms with Crippen LogP contribution in [0.1, 0.15) is 54.9 Å². The molecule has 1 heterocycles. The van der Waals surface area contributed by atoms with Crippen molar-refractivity contribution in [2.75, 3.05) is 33.3 Å². The molecule has 27 heavy (non-hydrogen) atoms. The molecule has 1 saturated carbocycles. The quantitative estimate of drug-likeness (QED) is 0.882. The predicted molar refractivity (Wildman–Crippen MR) is 105 cm³/mol. The molecular weight excluding hydrogens is 342 g/mol. The van der Waals surface area contributed by atoms with Gasteiger partial charge in [-0.2, -0.15) is 0 Å². The van der Waals surface area contributed by atoms with Gasteiger partial charge in [-0.3, -0.25) is 4.79 Å². The van der Waals surface area contributed by atoms with Crippen LogP contribution in [0.15, 0.2) is 18.2 Å². The van der Waals surface area contributed by atoms with E-state index in [0.29, 0.717) is 43.5 Å². The fraction of sp³-hybridized carbons (Fsp3) is 0.619. The summed E-state index contributed by atoms with van der Waals surface area (Å²) in [7, 11) is 1.59. The monoisotopic (exact) mass is 373 g/mol. The van der Waals surface area contributed by atoms with Gasteiger partial charge < -0.3 is 19.9 Å². The van der Waals surface area contributed by atoms with Crippen molar-refractivity contribution in [2.24, 2.45) is 0 Å². The van der Waals surface area contributed by atoms with Crippen molar-refractivity contribution in [1.82, 2.24) is 15.1 Å². The number of hydrogen-bond donors (Lipinski definition) is 1. The van der Waals surface area contributed by atoms with Crippen molar-refractivity contribution in [3.8, 4) is 5.75 Å². The van der Waals surface area contributed by atoms with E-state index in [9.17, 15) is 9.59 Å². The molecule has 1 aliphatic carbocycles. The molecule has 1 aromatic rings. The Hall–Kier alpha value is -2.24. The van der Waals surface area contributed by atoms with Crippen molar-refractivity contribution in [1.29, 1.82) is 0 Å². The Balaban J connectivity index is 1.63. The zero-order valence-electron chi connectivity index (χ0n) is 16.5. The number of benzene rings is 1. The average Bonchev–Trinajstić information content (AvgIpc) is 3.07. The van der Waals surface area contributed by atoms with E-state index in [1.165, 1.54) is 12.8 Å². The maximum Gasteiger partial charge on any atom is 0.317 e. The summed E-state index contributed by atoms with van der Waals surface area (Å²) in [5, 5.41) is 3.15. The van der Waals surface area contributed by atoms with E-state index in [-0.39, 0.29) is 11.9 Å². The normalized spacial score (nSPS) is 18.3. The van der Waals surface area contributed by atoms with E-state index >= 15 is 0 Å². The van der Waals surface area contributed by atoms with E-state index in [1.54, 1.807) is 7.11 Å². The van der Waals surface area contributed by atoms with E-state index in [2.05, 4.69) is 12.2 Å². The van der Waals surface area contributed by atoms with E-state index in [4.69, 9.17) is 4.74 Å². The van der Waals surface area contributed by atoms with Crippen LogP contribution in [0.2, 0.25) is 0 Å². The Bertz CT molecular complexity index is 671. The fourth-order valence-corrected chi connectivity index (χ4v) is 3.97. The molecule has 0 aromatic heterocycles. The Kier molecular flexibility index (Phi) is 6.58. The van der Waals surface area contributed by atoms with Gasteiger partial charge in [0.2, 0.25) is 0 Å². The molecule has 1 aliphatic heterocycles. The maximum atomic E-state index is 13.1. The molecule has 0 atom stereocenters. The lowest BCUT2D eigenvalue weighted by Crippen LogP contribution is -2.45. The molecule has 0 bridgehead atoms. The van der Waals surface area contributed by atoms with Crippen LogP contribution in [-0.2, 0) is 6.42 Å². The molecule has 0 unspecified atom stereocenters. The number of urea groups is 1. The highest BCUT2D eigenvalue weighted by atomic mass is 16.5. The highest BCUT2D eigenvalue weighted by Crippen LogP contribution is 2.23. The molecule has 2 fully saturated rings. The number of carbonyl (C=O) groups excluding carboxylic acids is 2. The van der Waals surface area contributed by atoms with Gasteiger partial charge >= 0.3 is 6.03 Å². The van der Waals surface area contributed by atoms with Crippen LogP contribution < -0.4 is 10.1 Å². The highest BCUT2D eigenvalue weighted by Gasteiger charge is 2.26. The molecule has 0 radical (unpaired) electrons. The van der Waals surface area contributed by atoms with Crippen LogP contribution >= 0.6 is 0 Å². The first kappa shape index (κ1) is 19.5. The van der Waals surface area contributed by atoms with Gasteiger partial charge in [-0.15, -0.1) is 0 Å². The number of carbonyl (C=O) groups is 2. The largest absolute Gasteiger partial charge is 0.496 e. The molecule has 1 aromatic carbocycles. The molecule has 6 nitrogen and oxygen atoms in total. The van der Waals surface area contributed by atoms with Crippen molar-refractivity contribution in [3.63, 3.8) is 0 Å². The number of aryl methyl sites for hydroxylation is 1. The zero-order valence-corrected chi connectivity index (χ0v) is 16.5. The third-order valence-electron chi connectivity index (χ3n) is 5.66. The predicted octanol–water partition coefficient (Wildman–Crippen LogP) is 3.06. The van der Waals surface area contributed by atoms with E-state index in [1.807, 2.05) is 28.0 Å². The van der Waals surface area contributed by atoms with Crippen LogP contribution in [0.4, 0.5) is 4.79 Å². The minimum Gasteiger partial charge on any atom is -0.496 e. The minimum atomic E-state index is -0.0137. The third-order valence-corrected chi connectivity index (χ3v) is 5.66. The van der Waals surface area contributed by atoms with Crippen LogP contribution in [0, 0.1) is 0 Å². The molecular formula is C21H31N3O3. The van der Waals surface area contributed by atoms with Gasteiger partial charge in [0.25, 0.3) is 5.91 Å². The van der Waals surface area contributed by atoms with Crippen molar-refractivity contribution in [2.45, 2.75) is 51.5 Å². The first-order chi connectivity index (χ1) is 13.1. The number of amides is 3. The molecule has 6 heteroatoms. The Morgan fingerprint density at radius 1 is 1.07 bits per heavy atom. The summed E-state index contributed by atoms with van der Waals surface area (Å²) < 4.78 is 5.40. The van der Waals surface area contributed by atoms with E-state index < -0.39 is 0 Å². The maximum absolute atomic E-state index is 13.1. The second-order valence-electron chi connectivity index (χ2n) is 7.45. The standard InChI is InChI=1S/C21H31N3O3/c1-3-16-9-10-19(27-2)18(15-16)20(25)23-11-6-12-24(14-13-23)21(26)22-17-7-4-5-8-17/h9-10,15,17H,3-8,11-14H2,1-2H3,(H,22,26). The van der Waals surface area contributed by atoms with Crippen molar-refractivity contribution >= 4 is 11.9 Å². The first-order valence-corrected chi connectivity index (χ1v) is 10.1. The van der Waals surface area contributed by atoms with E-state index in [0.717, 1.165) is 31.2 Å². The summed E-state index contributed by atoms with van der Waals surface area (Å²) in [6.45, 7) is 4.54. The molecule has 3 amide bonds. The summed E-state index contributed by atoms with van der Waals surface area (Å²) in [6, 6.07) is 6.12. The van der Waals surface area contributed by atoms with Crippen LogP contribution in [-0.4, -0.2) is 61.1 Å². The summed E-state index contributed by atoms with van der Waals surface area (Å²) in [5.74, 6) is 0.595. The number of ether oxygens (including phenoxy) is 1. The Morgan fingerprint density at radius 2 is 1.78 bits per heavy atom. The molecule has 1 N–H and O–H groups in total. The number of nitrogens with one attached hydrogen (secondary N) is 1. The molecule has 3 rings (SSSR count). The fourth-order valence-electron chi connectivity index (χ4n) is 3.97. The molecule has 0 spiro atoms. The lowest BCUT2D eigenvalue weighted by molar-refractivity contribution is 0.0758. The smallest absolute Gasteiger partial charge is 0.317 e. The van der Waals surface area contributed by atoms with Crippen LogP contribution in [0.25, 0.3) is 0 Å². The second-order valence-corrected chi connectivity index (χ2v) is 7.45. The van der Waals surface area contributed by atoms with Crippen molar-refractivity contribution in [3.05, 3.63) is 29.3 Å². The molecule has 148 valence electrons. The van der Waals surface area contributed by atoms with Gasteiger partial charge in [-0.05, 0) is 43.4 Å². The number of methoxy groups -OCH3 is 1. The van der Waals surface area contributed by atoms with Crippen LogP contribution in [0.5, 0.6) is 5.75 Å². The lowest BCUT2D eigenvalue weighted by atomic mass is 10.1. The molecule has 2 aliphatic rings. The van der Waals surface area contributed by atoms with Gasteiger partial charge in [0.1, 0.15) is 5.75 Å². The third kappa shape index (κ3) is 4.73. The Labute approximate surface area is 161 Å². The SMILES string of the molecule is CCc1ccc(OC)c(C(=O)N2CCCN(C(=O)NC3CCCC3)CC2)c1. The Morgan fingerprint density at radius 3 is 2.48 bits per heavy atom. The summed E-state index contributed by atoms with van der Waals surface area (Å²) in [5.41, 5.74) is 1.73. The lowest BCUT2D eigenvalue weighted by Gasteiger charge is -2.24. The summed E-state index contributed by atoms with van der Waals surface area (Å²) in [6.07, 6.45) is 6.23. The number of hydrogen-bond acceptors (Lipinski definition) is 3. The van der Waals surface area contributed by atoms with Gasteiger partial charge in [0.05, 0.1) is 12.7 Å². The van der Waals surface area contributed by atoms with Crippen molar-refractivity contribution < 1.29 is 14.3 Å². The topological polar surface area (TPSA) is 61.9 Å². The minimum absolute atomic E-state index is 0.0137. The number of rotatable bonds is 4. The first-order valence-electron chi connectivity index (χ1n) is 10.1. The van der Waals surface area contributed by atoms with Gasteiger partial charge in [-0.1, -0.05) is 25.8 Å². The zero-order chi connectivity index (χ0) is 19.2.